The molecule has 0 bridgehead atoms. The predicted molar refractivity (Wildman–Crippen MR) is 117 cm³/mol. The standard InChI is InChI=1S/C23H25FN6O2/c1-28(18-5-3-2-4-6-18)15-22-25-21(27-32-22)14-29-11-12-30-20(23(29)31)13-19(26-30)16-7-9-17(24)10-8-16/h7-13,18H,2-6,14-15H2,1H3. The lowest BCUT2D eigenvalue weighted by atomic mass is 9.94. The van der Waals surface area contributed by atoms with Crippen LogP contribution in [-0.4, -0.2) is 42.3 Å². The molecule has 0 amide bonds. The maximum absolute atomic E-state index is 13.2. The zero-order valence-electron chi connectivity index (χ0n) is 17.9. The van der Waals surface area contributed by atoms with E-state index in [1.165, 1.54) is 53.3 Å². The van der Waals surface area contributed by atoms with Crippen molar-refractivity contribution in [2.24, 2.45) is 0 Å². The average Bonchev–Trinajstić information content (AvgIpc) is 3.44. The van der Waals surface area contributed by atoms with Crippen molar-refractivity contribution in [1.82, 2.24) is 29.2 Å². The fourth-order valence-corrected chi connectivity index (χ4v) is 4.35. The lowest BCUT2D eigenvalue weighted by molar-refractivity contribution is 0.165. The molecule has 1 saturated carbocycles. The summed E-state index contributed by atoms with van der Waals surface area (Å²) in [6.07, 6.45) is 9.63. The van der Waals surface area contributed by atoms with Crippen LogP contribution in [0.15, 0.2) is 52.0 Å². The minimum absolute atomic E-state index is 0.209. The van der Waals surface area contributed by atoms with Gasteiger partial charge in [0.25, 0.3) is 5.56 Å². The van der Waals surface area contributed by atoms with Crippen LogP contribution in [0.1, 0.15) is 43.8 Å². The predicted octanol–water partition coefficient (Wildman–Crippen LogP) is 3.50. The molecule has 8 nitrogen and oxygen atoms in total. The first-order chi connectivity index (χ1) is 15.6. The Bertz CT molecular complexity index is 1270. The zero-order chi connectivity index (χ0) is 22.1. The summed E-state index contributed by atoms with van der Waals surface area (Å²) in [6, 6.07) is 8.28. The Balaban J connectivity index is 1.32. The Hall–Kier alpha value is -3.33. The Morgan fingerprint density at radius 1 is 1.16 bits per heavy atom. The van der Waals surface area contributed by atoms with Crippen molar-refractivity contribution < 1.29 is 8.91 Å². The summed E-state index contributed by atoms with van der Waals surface area (Å²) in [5.41, 5.74) is 1.56. The number of fused-ring (bicyclic) bond motifs is 1. The minimum Gasteiger partial charge on any atom is -0.338 e. The molecule has 166 valence electrons. The Morgan fingerprint density at radius 3 is 2.72 bits per heavy atom. The van der Waals surface area contributed by atoms with Crippen molar-refractivity contribution in [2.45, 2.75) is 51.2 Å². The van der Waals surface area contributed by atoms with Gasteiger partial charge in [0, 0.05) is 24.0 Å². The molecule has 1 aliphatic rings. The van der Waals surface area contributed by atoms with E-state index in [0.717, 1.165) is 5.56 Å². The Morgan fingerprint density at radius 2 is 1.94 bits per heavy atom. The molecule has 0 spiro atoms. The second-order valence-electron chi connectivity index (χ2n) is 8.41. The van der Waals surface area contributed by atoms with Gasteiger partial charge in [-0.1, -0.05) is 24.4 Å². The second kappa shape index (κ2) is 8.66. The SMILES string of the molecule is CN(Cc1nc(Cn2ccn3nc(-c4ccc(F)cc4)cc3c2=O)no1)C1CCCCC1. The normalized spacial score (nSPS) is 15.1. The van der Waals surface area contributed by atoms with Gasteiger partial charge in [-0.05, 0) is 50.2 Å². The van der Waals surface area contributed by atoms with Crippen LogP contribution in [0.2, 0.25) is 0 Å². The van der Waals surface area contributed by atoms with E-state index in [4.69, 9.17) is 4.52 Å². The fraction of sp³-hybridized carbons (Fsp3) is 0.391. The van der Waals surface area contributed by atoms with Gasteiger partial charge in [-0.15, -0.1) is 0 Å². The van der Waals surface area contributed by atoms with E-state index < -0.39 is 0 Å². The molecular formula is C23H25FN6O2. The number of aromatic nitrogens is 5. The molecule has 1 fully saturated rings. The third kappa shape index (κ3) is 4.20. The monoisotopic (exact) mass is 436 g/mol. The van der Waals surface area contributed by atoms with Gasteiger partial charge in [-0.2, -0.15) is 10.1 Å². The number of halogens is 1. The number of hydrogen-bond acceptors (Lipinski definition) is 6. The number of nitrogens with zero attached hydrogens (tertiary/aromatic N) is 6. The quantitative estimate of drug-likeness (QED) is 0.460. The molecule has 0 saturated heterocycles. The summed E-state index contributed by atoms with van der Waals surface area (Å²) in [5.74, 6) is 0.705. The van der Waals surface area contributed by atoms with Crippen LogP contribution in [0.5, 0.6) is 0 Å². The third-order valence-electron chi connectivity index (χ3n) is 6.15. The molecule has 0 aliphatic heterocycles. The van der Waals surface area contributed by atoms with E-state index in [2.05, 4.69) is 27.2 Å². The van der Waals surface area contributed by atoms with E-state index in [-0.39, 0.29) is 17.9 Å². The first-order valence-corrected chi connectivity index (χ1v) is 10.9. The summed E-state index contributed by atoms with van der Waals surface area (Å²) >= 11 is 0. The maximum Gasteiger partial charge on any atom is 0.277 e. The lowest BCUT2D eigenvalue weighted by Gasteiger charge is -2.29. The Kier molecular flexibility index (Phi) is 5.57. The second-order valence-corrected chi connectivity index (χ2v) is 8.41. The molecule has 3 aromatic heterocycles. The molecule has 9 heteroatoms. The van der Waals surface area contributed by atoms with Crippen molar-refractivity contribution in [3.63, 3.8) is 0 Å². The zero-order valence-corrected chi connectivity index (χ0v) is 17.9. The molecule has 5 rings (SSSR count). The largest absolute Gasteiger partial charge is 0.338 e. The first kappa shape index (κ1) is 20.6. The molecular weight excluding hydrogens is 411 g/mol. The number of benzene rings is 1. The Labute approximate surface area is 184 Å². The van der Waals surface area contributed by atoms with Gasteiger partial charge < -0.3 is 9.09 Å². The van der Waals surface area contributed by atoms with Gasteiger partial charge in [-0.3, -0.25) is 9.69 Å². The first-order valence-electron chi connectivity index (χ1n) is 10.9. The summed E-state index contributed by atoms with van der Waals surface area (Å²) < 4.78 is 21.7. The van der Waals surface area contributed by atoms with E-state index in [1.807, 2.05) is 0 Å². The highest BCUT2D eigenvalue weighted by Crippen LogP contribution is 2.22. The summed E-state index contributed by atoms with van der Waals surface area (Å²) in [4.78, 5) is 19.7. The van der Waals surface area contributed by atoms with E-state index in [9.17, 15) is 9.18 Å². The molecule has 0 N–H and O–H groups in total. The van der Waals surface area contributed by atoms with Crippen molar-refractivity contribution in [3.05, 3.63) is 70.6 Å². The molecule has 3 heterocycles. The van der Waals surface area contributed by atoms with Gasteiger partial charge in [0.05, 0.1) is 18.8 Å². The van der Waals surface area contributed by atoms with Gasteiger partial charge in [-0.25, -0.2) is 8.91 Å². The molecule has 1 aromatic carbocycles. The fourth-order valence-electron chi connectivity index (χ4n) is 4.35. The molecule has 0 radical (unpaired) electrons. The van der Waals surface area contributed by atoms with Crippen LogP contribution in [0.25, 0.3) is 16.8 Å². The minimum atomic E-state index is -0.315. The van der Waals surface area contributed by atoms with E-state index in [0.29, 0.717) is 35.5 Å². The van der Waals surface area contributed by atoms with Gasteiger partial charge in [0.2, 0.25) is 5.89 Å². The third-order valence-corrected chi connectivity index (χ3v) is 6.15. The average molecular weight is 436 g/mol. The highest BCUT2D eigenvalue weighted by molar-refractivity contribution is 5.65. The van der Waals surface area contributed by atoms with Crippen LogP contribution in [-0.2, 0) is 13.1 Å². The van der Waals surface area contributed by atoms with Crippen LogP contribution in [0.4, 0.5) is 4.39 Å². The van der Waals surface area contributed by atoms with Crippen LogP contribution >= 0.6 is 0 Å². The molecule has 1 aliphatic carbocycles. The highest BCUT2D eigenvalue weighted by Gasteiger charge is 2.20. The van der Waals surface area contributed by atoms with Crippen molar-refractivity contribution in [2.75, 3.05) is 7.05 Å². The molecule has 32 heavy (non-hydrogen) atoms. The van der Waals surface area contributed by atoms with Gasteiger partial charge >= 0.3 is 0 Å². The smallest absolute Gasteiger partial charge is 0.277 e. The summed E-state index contributed by atoms with van der Waals surface area (Å²) in [6.45, 7) is 0.818. The number of hydrogen-bond donors (Lipinski definition) is 0. The van der Waals surface area contributed by atoms with Crippen molar-refractivity contribution >= 4 is 5.52 Å². The van der Waals surface area contributed by atoms with E-state index >= 15 is 0 Å². The maximum atomic E-state index is 13.2. The lowest BCUT2D eigenvalue weighted by Crippen LogP contribution is -2.33. The van der Waals surface area contributed by atoms with Crippen LogP contribution in [0.3, 0.4) is 0 Å². The molecule has 0 atom stereocenters. The van der Waals surface area contributed by atoms with E-state index in [1.54, 1.807) is 30.6 Å². The van der Waals surface area contributed by atoms with Crippen molar-refractivity contribution in [3.8, 4) is 11.3 Å². The highest BCUT2D eigenvalue weighted by atomic mass is 19.1. The number of rotatable bonds is 6. The van der Waals surface area contributed by atoms with Crippen molar-refractivity contribution in [1.29, 1.82) is 0 Å². The van der Waals surface area contributed by atoms with Crippen LogP contribution < -0.4 is 5.56 Å². The molecule has 0 unspecified atom stereocenters. The van der Waals surface area contributed by atoms with Gasteiger partial charge in [0.15, 0.2) is 5.82 Å². The molecule has 4 aromatic rings. The summed E-state index contributed by atoms with van der Waals surface area (Å²) in [7, 11) is 2.09. The van der Waals surface area contributed by atoms with Crippen LogP contribution in [0, 0.1) is 5.82 Å². The summed E-state index contributed by atoms with van der Waals surface area (Å²) in [5, 5.41) is 8.49. The topological polar surface area (TPSA) is 81.5 Å². The van der Waals surface area contributed by atoms with Gasteiger partial charge in [0.1, 0.15) is 11.3 Å².